The van der Waals surface area contributed by atoms with Gasteiger partial charge in [-0.2, -0.15) is 4.98 Å². The monoisotopic (exact) mass is 342 g/mol. The number of nitrogens with zero attached hydrogens (tertiary/aromatic N) is 2. The predicted octanol–water partition coefficient (Wildman–Crippen LogP) is 2.33. The van der Waals surface area contributed by atoms with Crippen molar-refractivity contribution in [1.82, 2.24) is 20.8 Å². The van der Waals surface area contributed by atoms with Gasteiger partial charge in [0, 0.05) is 18.0 Å². The molecule has 2 N–H and O–H groups in total. The maximum Gasteiger partial charge on any atom is 0.249 e. The normalized spacial score (nSPS) is 13.0. The molecule has 0 bridgehead atoms. The highest BCUT2D eigenvalue weighted by Gasteiger charge is 2.20. The van der Waals surface area contributed by atoms with Gasteiger partial charge in [0.2, 0.25) is 17.6 Å². The van der Waals surface area contributed by atoms with E-state index in [0.717, 1.165) is 0 Å². The lowest BCUT2D eigenvalue weighted by atomic mass is 10.1. The summed E-state index contributed by atoms with van der Waals surface area (Å²) in [6, 6.07) is 5.52. The standard InChI is InChI=1S/C15H19FN4O2.ClH/c1-9(8-17-3)14(21)18-10(2)15-19-13(20-22-15)11-5-4-6-12(16)7-11;/h4-7,9-10,17H,8H2,1-3H3,(H,18,21);1H. The number of aromatic nitrogens is 2. The Balaban J connectivity index is 0.00000264. The summed E-state index contributed by atoms with van der Waals surface area (Å²) in [6.07, 6.45) is 0. The van der Waals surface area contributed by atoms with Crippen LogP contribution in [0.5, 0.6) is 0 Å². The highest BCUT2D eigenvalue weighted by atomic mass is 35.5. The second-order valence-corrected chi connectivity index (χ2v) is 5.16. The molecule has 2 atom stereocenters. The molecule has 1 aromatic heterocycles. The number of carbonyl (C=O) groups excluding carboxylic acids is 1. The summed E-state index contributed by atoms with van der Waals surface area (Å²) in [5.74, 6) is -0.0698. The Labute approximate surface area is 140 Å². The third kappa shape index (κ3) is 5.01. The van der Waals surface area contributed by atoms with Crippen molar-refractivity contribution in [2.75, 3.05) is 13.6 Å². The van der Waals surface area contributed by atoms with Gasteiger partial charge in [0.05, 0.1) is 0 Å². The van der Waals surface area contributed by atoms with Gasteiger partial charge in [-0.1, -0.05) is 24.2 Å². The van der Waals surface area contributed by atoms with E-state index in [4.69, 9.17) is 4.52 Å². The van der Waals surface area contributed by atoms with Crippen LogP contribution in [0.25, 0.3) is 11.4 Å². The van der Waals surface area contributed by atoms with Crippen molar-refractivity contribution >= 4 is 18.3 Å². The van der Waals surface area contributed by atoms with E-state index >= 15 is 0 Å². The van der Waals surface area contributed by atoms with E-state index in [2.05, 4.69) is 20.8 Å². The van der Waals surface area contributed by atoms with Gasteiger partial charge >= 0.3 is 0 Å². The average molecular weight is 343 g/mol. The van der Waals surface area contributed by atoms with Crippen LogP contribution in [0.15, 0.2) is 28.8 Å². The Bertz CT molecular complexity index is 650. The zero-order chi connectivity index (χ0) is 16.1. The zero-order valence-corrected chi connectivity index (χ0v) is 14.0. The molecule has 0 spiro atoms. The van der Waals surface area contributed by atoms with Crippen LogP contribution in [0.4, 0.5) is 4.39 Å². The van der Waals surface area contributed by atoms with E-state index in [1.807, 2.05) is 6.92 Å². The Hall–Kier alpha value is -1.99. The second kappa shape index (κ2) is 8.59. The number of amides is 1. The molecule has 1 aromatic carbocycles. The highest BCUT2D eigenvalue weighted by molar-refractivity contribution is 5.85. The molecule has 1 heterocycles. The van der Waals surface area contributed by atoms with E-state index in [1.165, 1.54) is 12.1 Å². The molecule has 0 saturated carbocycles. The van der Waals surface area contributed by atoms with Crippen molar-refractivity contribution < 1.29 is 13.7 Å². The molecule has 126 valence electrons. The molecule has 0 fully saturated rings. The lowest BCUT2D eigenvalue weighted by molar-refractivity contribution is -0.125. The number of hydrogen-bond donors (Lipinski definition) is 2. The molecule has 1 amide bonds. The SMILES string of the molecule is CNCC(C)C(=O)NC(C)c1nc(-c2cccc(F)c2)no1.Cl. The quantitative estimate of drug-likeness (QED) is 0.842. The number of benzene rings is 1. The number of halogens is 2. The summed E-state index contributed by atoms with van der Waals surface area (Å²) in [7, 11) is 1.79. The number of nitrogens with one attached hydrogen (secondary N) is 2. The number of carbonyl (C=O) groups is 1. The van der Waals surface area contributed by atoms with Crippen LogP contribution >= 0.6 is 12.4 Å². The second-order valence-electron chi connectivity index (χ2n) is 5.16. The molecule has 0 aliphatic heterocycles. The summed E-state index contributed by atoms with van der Waals surface area (Å²) >= 11 is 0. The lowest BCUT2D eigenvalue weighted by Crippen LogP contribution is -2.35. The smallest absolute Gasteiger partial charge is 0.249 e. The molecule has 23 heavy (non-hydrogen) atoms. The van der Waals surface area contributed by atoms with Gasteiger partial charge in [-0.15, -0.1) is 12.4 Å². The topological polar surface area (TPSA) is 80.0 Å². The first kappa shape index (κ1) is 19.1. The molecule has 2 aromatic rings. The first-order valence-electron chi connectivity index (χ1n) is 7.05. The molecule has 2 unspecified atom stereocenters. The van der Waals surface area contributed by atoms with Gasteiger partial charge in [0.25, 0.3) is 0 Å². The van der Waals surface area contributed by atoms with Crippen molar-refractivity contribution in [3.05, 3.63) is 36.0 Å². The molecule has 0 saturated heterocycles. The molecular formula is C15H20ClFN4O2. The van der Waals surface area contributed by atoms with Crippen LogP contribution in [0.1, 0.15) is 25.8 Å². The minimum atomic E-state index is -0.415. The largest absolute Gasteiger partial charge is 0.344 e. The fourth-order valence-electron chi connectivity index (χ4n) is 1.97. The summed E-state index contributed by atoms with van der Waals surface area (Å²) in [5.41, 5.74) is 0.525. The van der Waals surface area contributed by atoms with Crippen LogP contribution in [0, 0.1) is 11.7 Å². The van der Waals surface area contributed by atoms with Crippen LogP contribution in [-0.2, 0) is 4.79 Å². The van der Waals surface area contributed by atoms with Gasteiger partial charge in [-0.25, -0.2) is 4.39 Å². The van der Waals surface area contributed by atoms with Crippen LogP contribution in [0.2, 0.25) is 0 Å². The molecular weight excluding hydrogens is 323 g/mol. The molecule has 0 radical (unpaired) electrons. The number of rotatable bonds is 6. The van der Waals surface area contributed by atoms with Gasteiger partial charge in [-0.05, 0) is 26.1 Å². The Morgan fingerprint density at radius 1 is 1.39 bits per heavy atom. The maximum absolute atomic E-state index is 13.2. The van der Waals surface area contributed by atoms with Gasteiger partial charge in [0.1, 0.15) is 11.9 Å². The van der Waals surface area contributed by atoms with E-state index in [0.29, 0.717) is 17.9 Å². The Morgan fingerprint density at radius 2 is 2.13 bits per heavy atom. The summed E-state index contributed by atoms with van der Waals surface area (Å²) in [5, 5.41) is 9.57. The Kier molecular flexibility index (Phi) is 7.12. The first-order chi connectivity index (χ1) is 10.5. The minimum Gasteiger partial charge on any atom is -0.344 e. The van der Waals surface area contributed by atoms with Crippen molar-refractivity contribution in [2.24, 2.45) is 5.92 Å². The zero-order valence-electron chi connectivity index (χ0n) is 13.2. The summed E-state index contributed by atoms with van der Waals surface area (Å²) in [6.45, 7) is 4.16. The highest BCUT2D eigenvalue weighted by Crippen LogP contribution is 2.19. The Morgan fingerprint density at radius 3 is 2.78 bits per heavy atom. The summed E-state index contributed by atoms with van der Waals surface area (Å²) in [4.78, 5) is 16.2. The fraction of sp³-hybridized carbons (Fsp3) is 0.400. The third-order valence-electron chi connectivity index (χ3n) is 3.21. The average Bonchev–Trinajstić information content (AvgIpc) is 2.97. The van der Waals surface area contributed by atoms with Crippen LogP contribution < -0.4 is 10.6 Å². The first-order valence-corrected chi connectivity index (χ1v) is 7.05. The van der Waals surface area contributed by atoms with E-state index in [-0.39, 0.29) is 35.9 Å². The van der Waals surface area contributed by atoms with Crippen molar-refractivity contribution in [3.63, 3.8) is 0 Å². The fourth-order valence-corrected chi connectivity index (χ4v) is 1.97. The molecule has 2 rings (SSSR count). The lowest BCUT2D eigenvalue weighted by Gasteiger charge is -2.14. The van der Waals surface area contributed by atoms with E-state index in [9.17, 15) is 9.18 Å². The van der Waals surface area contributed by atoms with Gasteiger partial charge in [0.15, 0.2) is 0 Å². The maximum atomic E-state index is 13.2. The van der Waals surface area contributed by atoms with Crippen LogP contribution in [0.3, 0.4) is 0 Å². The van der Waals surface area contributed by atoms with E-state index < -0.39 is 6.04 Å². The van der Waals surface area contributed by atoms with Crippen LogP contribution in [-0.4, -0.2) is 29.6 Å². The van der Waals surface area contributed by atoms with Crippen molar-refractivity contribution in [1.29, 1.82) is 0 Å². The predicted molar refractivity (Wildman–Crippen MR) is 86.6 cm³/mol. The molecule has 6 nitrogen and oxygen atoms in total. The number of hydrogen-bond acceptors (Lipinski definition) is 5. The van der Waals surface area contributed by atoms with E-state index in [1.54, 1.807) is 26.1 Å². The molecule has 8 heteroatoms. The molecule has 0 aliphatic rings. The minimum absolute atomic E-state index is 0. The molecule has 0 aliphatic carbocycles. The summed E-state index contributed by atoms with van der Waals surface area (Å²) < 4.78 is 18.3. The van der Waals surface area contributed by atoms with Gasteiger partial charge < -0.3 is 15.2 Å². The van der Waals surface area contributed by atoms with Crippen molar-refractivity contribution in [3.8, 4) is 11.4 Å². The van der Waals surface area contributed by atoms with Crippen molar-refractivity contribution in [2.45, 2.75) is 19.9 Å². The van der Waals surface area contributed by atoms with Gasteiger partial charge in [-0.3, -0.25) is 4.79 Å². The third-order valence-corrected chi connectivity index (χ3v) is 3.21.